The van der Waals surface area contributed by atoms with Crippen molar-refractivity contribution in [1.29, 1.82) is 0 Å². The molecular weight excluding hydrogens is 272 g/mol. The molecule has 0 unspecified atom stereocenters. The molecule has 0 radical (unpaired) electrons. The molecule has 0 spiro atoms. The zero-order valence-corrected chi connectivity index (χ0v) is 11.6. The molecule has 1 amide bonds. The first-order valence-corrected chi connectivity index (χ1v) is 6.16. The van der Waals surface area contributed by atoms with Crippen molar-refractivity contribution >= 4 is 17.6 Å². The van der Waals surface area contributed by atoms with Crippen LogP contribution in [-0.4, -0.2) is 29.1 Å². The van der Waals surface area contributed by atoms with E-state index in [9.17, 15) is 9.59 Å². The van der Waals surface area contributed by atoms with Crippen molar-refractivity contribution in [1.82, 2.24) is 4.98 Å². The Labute approximate surface area is 121 Å². The van der Waals surface area contributed by atoms with Gasteiger partial charge >= 0.3 is 5.97 Å². The number of nitrogens with one attached hydrogen (secondary N) is 1. The molecule has 0 bridgehead atoms. The third-order valence-electron chi connectivity index (χ3n) is 2.98. The fraction of sp³-hybridized carbons (Fsp3) is 0.133. The highest BCUT2D eigenvalue weighted by atomic mass is 16.5. The molecule has 21 heavy (non-hydrogen) atoms. The van der Waals surface area contributed by atoms with E-state index in [1.54, 1.807) is 13.0 Å². The van der Waals surface area contributed by atoms with Crippen LogP contribution in [0.15, 0.2) is 36.7 Å². The Kier molecular flexibility index (Phi) is 4.18. The highest BCUT2D eigenvalue weighted by Crippen LogP contribution is 2.21. The van der Waals surface area contributed by atoms with E-state index in [4.69, 9.17) is 9.84 Å². The maximum absolute atomic E-state index is 12.3. The van der Waals surface area contributed by atoms with Gasteiger partial charge in [-0.05, 0) is 30.7 Å². The number of nitrogens with zero attached hydrogens (tertiary/aromatic N) is 1. The lowest BCUT2D eigenvalue weighted by Gasteiger charge is -2.11. The summed E-state index contributed by atoms with van der Waals surface area (Å²) in [5.41, 5.74) is 1.64. The van der Waals surface area contributed by atoms with Gasteiger partial charge in [0.2, 0.25) is 0 Å². The molecular formula is C15H14N2O4. The fourth-order valence-electron chi connectivity index (χ4n) is 1.81. The van der Waals surface area contributed by atoms with Crippen molar-refractivity contribution in [2.75, 3.05) is 12.4 Å². The Bertz CT molecular complexity index is 698. The summed E-state index contributed by atoms with van der Waals surface area (Å²) < 4.78 is 5.08. The average Bonchev–Trinajstić information content (AvgIpc) is 2.49. The van der Waals surface area contributed by atoms with Gasteiger partial charge in [0.15, 0.2) is 0 Å². The summed E-state index contributed by atoms with van der Waals surface area (Å²) in [6.45, 7) is 1.78. The number of aryl methyl sites for hydroxylation is 1. The number of aromatic carboxylic acids is 1. The zero-order valence-electron chi connectivity index (χ0n) is 11.6. The van der Waals surface area contributed by atoms with E-state index in [2.05, 4.69) is 10.3 Å². The van der Waals surface area contributed by atoms with E-state index >= 15 is 0 Å². The summed E-state index contributed by atoms with van der Waals surface area (Å²) in [6.07, 6.45) is 2.92. The molecule has 108 valence electrons. The quantitative estimate of drug-likeness (QED) is 0.900. The summed E-state index contributed by atoms with van der Waals surface area (Å²) in [5.74, 6) is -1.09. The lowest BCUT2D eigenvalue weighted by molar-refractivity contribution is 0.0696. The van der Waals surface area contributed by atoms with Gasteiger partial charge in [0.25, 0.3) is 5.91 Å². The molecule has 0 fully saturated rings. The lowest BCUT2D eigenvalue weighted by Crippen LogP contribution is -2.14. The first kappa shape index (κ1) is 14.5. The van der Waals surface area contributed by atoms with Crippen LogP contribution in [0.1, 0.15) is 26.3 Å². The van der Waals surface area contributed by atoms with Crippen LogP contribution in [0.25, 0.3) is 0 Å². The van der Waals surface area contributed by atoms with Crippen LogP contribution in [0.3, 0.4) is 0 Å². The predicted molar refractivity (Wildman–Crippen MR) is 76.9 cm³/mol. The second kappa shape index (κ2) is 6.04. The number of amides is 1. The smallest absolute Gasteiger partial charge is 0.335 e. The number of methoxy groups -OCH3 is 1. The van der Waals surface area contributed by atoms with Crippen molar-refractivity contribution in [2.24, 2.45) is 0 Å². The number of pyridine rings is 1. The summed E-state index contributed by atoms with van der Waals surface area (Å²) in [5, 5.41) is 11.7. The number of ether oxygens (including phenoxy) is 1. The minimum absolute atomic E-state index is 0.109. The van der Waals surface area contributed by atoms with Crippen LogP contribution in [-0.2, 0) is 0 Å². The minimum atomic E-state index is -1.05. The number of anilines is 1. The van der Waals surface area contributed by atoms with E-state index in [-0.39, 0.29) is 11.5 Å². The van der Waals surface area contributed by atoms with E-state index in [0.29, 0.717) is 17.0 Å². The number of aromatic nitrogens is 1. The Morgan fingerprint density at radius 2 is 2.05 bits per heavy atom. The normalized spacial score (nSPS) is 10.0. The molecule has 2 N–H and O–H groups in total. The van der Waals surface area contributed by atoms with Crippen molar-refractivity contribution in [2.45, 2.75) is 6.92 Å². The van der Waals surface area contributed by atoms with Gasteiger partial charge in [0.05, 0.1) is 24.4 Å². The van der Waals surface area contributed by atoms with E-state index in [1.165, 1.54) is 37.7 Å². The third-order valence-corrected chi connectivity index (χ3v) is 2.98. The number of carboxylic acids is 1. The predicted octanol–water partition coefficient (Wildman–Crippen LogP) is 2.35. The van der Waals surface area contributed by atoms with Crippen LogP contribution in [0.2, 0.25) is 0 Å². The van der Waals surface area contributed by atoms with Gasteiger partial charge in [0, 0.05) is 11.9 Å². The maximum Gasteiger partial charge on any atom is 0.335 e. The molecule has 0 atom stereocenters. The maximum atomic E-state index is 12.3. The van der Waals surface area contributed by atoms with Gasteiger partial charge < -0.3 is 15.2 Å². The first-order valence-electron chi connectivity index (χ1n) is 6.16. The summed E-state index contributed by atoms with van der Waals surface area (Å²) >= 11 is 0. The molecule has 1 aromatic carbocycles. The van der Waals surface area contributed by atoms with Gasteiger partial charge in [0.1, 0.15) is 5.75 Å². The second-order valence-corrected chi connectivity index (χ2v) is 4.36. The lowest BCUT2D eigenvalue weighted by atomic mass is 10.1. The summed E-state index contributed by atoms with van der Waals surface area (Å²) in [7, 11) is 1.45. The van der Waals surface area contributed by atoms with Crippen molar-refractivity contribution < 1.29 is 19.4 Å². The number of carbonyl (C=O) groups excluding carboxylic acids is 1. The topological polar surface area (TPSA) is 88.5 Å². The number of benzene rings is 1. The zero-order chi connectivity index (χ0) is 15.4. The number of rotatable bonds is 4. The van der Waals surface area contributed by atoms with Gasteiger partial charge in [-0.2, -0.15) is 0 Å². The van der Waals surface area contributed by atoms with Crippen LogP contribution in [0.4, 0.5) is 5.69 Å². The van der Waals surface area contributed by atoms with Gasteiger partial charge in [-0.3, -0.25) is 9.78 Å². The molecule has 2 aromatic rings. The van der Waals surface area contributed by atoms with E-state index in [1.807, 2.05) is 0 Å². The summed E-state index contributed by atoms with van der Waals surface area (Å²) in [6, 6.07) is 6.08. The molecule has 0 saturated carbocycles. The SMILES string of the molecule is COc1cnccc1C(=O)Nc1cc(C(=O)O)ccc1C. The molecule has 0 aliphatic carbocycles. The number of carboxylic acid groups (broad SMARTS) is 1. The van der Waals surface area contributed by atoms with Crippen LogP contribution in [0.5, 0.6) is 5.75 Å². The number of hydrogen-bond donors (Lipinski definition) is 2. The molecule has 0 aliphatic heterocycles. The Balaban J connectivity index is 2.31. The van der Waals surface area contributed by atoms with Crippen molar-refractivity contribution in [3.63, 3.8) is 0 Å². The minimum Gasteiger partial charge on any atom is -0.494 e. The van der Waals surface area contributed by atoms with Crippen LogP contribution < -0.4 is 10.1 Å². The second-order valence-electron chi connectivity index (χ2n) is 4.36. The van der Waals surface area contributed by atoms with Gasteiger partial charge in [-0.1, -0.05) is 6.07 Å². The Hall–Kier alpha value is -2.89. The van der Waals surface area contributed by atoms with Crippen LogP contribution >= 0.6 is 0 Å². The molecule has 0 saturated heterocycles. The van der Waals surface area contributed by atoms with Gasteiger partial charge in [-0.25, -0.2) is 4.79 Å². The molecule has 0 aliphatic rings. The molecule has 2 rings (SSSR count). The third kappa shape index (κ3) is 3.17. The number of hydrogen-bond acceptors (Lipinski definition) is 4. The van der Waals surface area contributed by atoms with E-state index in [0.717, 1.165) is 5.56 Å². The molecule has 6 heteroatoms. The highest BCUT2D eigenvalue weighted by Gasteiger charge is 2.14. The average molecular weight is 286 g/mol. The van der Waals surface area contributed by atoms with E-state index < -0.39 is 5.97 Å². The highest BCUT2D eigenvalue weighted by molar-refractivity contribution is 6.06. The van der Waals surface area contributed by atoms with Crippen molar-refractivity contribution in [3.8, 4) is 5.75 Å². The summed E-state index contributed by atoms with van der Waals surface area (Å²) in [4.78, 5) is 27.1. The monoisotopic (exact) mass is 286 g/mol. The number of carbonyl (C=O) groups is 2. The standard InChI is InChI=1S/C15H14N2O4/c1-9-3-4-10(15(19)20)7-12(9)17-14(18)11-5-6-16-8-13(11)21-2/h3-8H,1-2H3,(H,17,18)(H,19,20). The fourth-order valence-corrected chi connectivity index (χ4v) is 1.81. The largest absolute Gasteiger partial charge is 0.494 e. The Morgan fingerprint density at radius 3 is 2.71 bits per heavy atom. The van der Waals surface area contributed by atoms with Gasteiger partial charge in [-0.15, -0.1) is 0 Å². The first-order chi connectivity index (χ1) is 10.0. The molecule has 6 nitrogen and oxygen atoms in total. The Morgan fingerprint density at radius 1 is 1.29 bits per heavy atom. The molecule has 1 heterocycles. The molecule has 1 aromatic heterocycles. The van der Waals surface area contributed by atoms with Crippen molar-refractivity contribution in [3.05, 3.63) is 53.3 Å². The van der Waals surface area contributed by atoms with Crippen LogP contribution in [0, 0.1) is 6.92 Å².